The van der Waals surface area contributed by atoms with Crippen molar-refractivity contribution in [3.63, 3.8) is 0 Å². The zero-order chi connectivity index (χ0) is 19.8. The number of nitrogens with zero attached hydrogens (tertiary/aromatic N) is 1. The average Bonchev–Trinajstić information content (AvgIpc) is 2.64. The lowest BCUT2D eigenvalue weighted by molar-refractivity contribution is -0.191. The first-order chi connectivity index (χ1) is 13.0. The monoisotopic (exact) mass is 383 g/mol. The second kappa shape index (κ2) is 9.62. The van der Waals surface area contributed by atoms with Gasteiger partial charge in [0.05, 0.1) is 5.52 Å². The van der Waals surface area contributed by atoms with E-state index in [0.717, 1.165) is 27.8 Å². The van der Waals surface area contributed by atoms with Crippen LogP contribution in [-0.4, -0.2) is 16.9 Å². The number of hydrogen-bond acceptors (Lipinski definition) is 5. The first-order valence-electron chi connectivity index (χ1n) is 8.31. The Morgan fingerprint density at radius 2 is 1.89 bits per heavy atom. The Hall–Kier alpha value is -3.01. The predicted molar refractivity (Wildman–Crippen MR) is 102 cm³/mol. The number of halogens is 1. The predicted octanol–water partition coefficient (Wildman–Crippen LogP) is 4.93. The molecule has 2 aromatic carbocycles. The summed E-state index contributed by atoms with van der Waals surface area (Å²) in [4.78, 5) is 32.2. The number of fused-ring (bicyclic) bond motifs is 1. The highest BCUT2D eigenvalue weighted by molar-refractivity contribution is 6.31. The highest BCUT2D eigenvalue weighted by Gasteiger charge is 2.09. The third-order valence-corrected chi connectivity index (χ3v) is 4.24. The number of benzene rings is 2. The van der Waals surface area contributed by atoms with Crippen molar-refractivity contribution in [2.75, 3.05) is 0 Å². The van der Waals surface area contributed by atoms with E-state index in [0.29, 0.717) is 23.6 Å². The fraction of sp³-hybridized carbons (Fsp3) is 0.190. The molecule has 0 aliphatic rings. The second-order valence-corrected chi connectivity index (χ2v) is 6.24. The molecule has 0 aliphatic heterocycles. The number of Topliss-reactive ketones (excluding diaryl/α,β-unsaturated/α-hetero) is 1. The van der Waals surface area contributed by atoms with Crippen LogP contribution in [-0.2, 0) is 20.8 Å². The van der Waals surface area contributed by atoms with Gasteiger partial charge >= 0.3 is 6.15 Å². The van der Waals surface area contributed by atoms with E-state index in [1.807, 2.05) is 50.2 Å². The van der Waals surface area contributed by atoms with E-state index in [4.69, 9.17) is 25.9 Å². The highest BCUT2D eigenvalue weighted by Crippen LogP contribution is 2.31. The maximum absolute atomic E-state index is 11.6. The molecule has 0 saturated carbocycles. The molecule has 0 bridgehead atoms. The summed E-state index contributed by atoms with van der Waals surface area (Å²) in [6.45, 7) is 3.88. The summed E-state index contributed by atoms with van der Waals surface area (Å²) < 4.78 is 5.99. The lowest BCUT2D eigenvalue weighted by atomic mass is 10.1. The maximum atomic E-state index is 11.6. The van der Waals surface area contributed by atoms with Crippen molar-refractivity contribution in [2.45, 2.75) is 26.7 Å². The Labute approximate surface area is 161 Å². The molecule has 1 heterocycles. The summed E-state index contributed by atoms with van der Waals surface area (Å²) >= 11 is 6.29. The van der Waals surface area contributed by atoms with Crippen molar-refractivity contribution in [1.82, 2.24) is 4.98 Å². The molecule has 0 amide bonds. The molecule has 0 atom stereocenters. The van der Waals surface area contributed by atoms with Crippen LogP contribution in [0.5, 0.6) is 11.5 Å². The van der Waals surface area contributed by atoms with Crippen LogP contribution in [0.3, 0.4) is 0 Å². The number of hydrogen-bond donors (Lipinski definition) is 0. The van der Waals surface area contributed by atoms with Gasteiger partial charge < -0.3 is 4.74 Å². The van der Waals surface area contributed by atoms with Crippen LogP contribution in [0.4, 0.5) is 0 Å². The van der Waals surface area contributed by atoms with Crippen LogP contribution in [0.2, 0.25) is 5.02 Å². The van der Waals surface area contributed by atoms with E-state index in [1.165, 1.54) is 0 Å². The van der Waals surface area contributed by atoms with Crippen LogP contribution in [0.15, 0.2) is 48.7 Å². The lowest BCUT2D eigenvalue weighted by Gasteiger charge is -2.11. The minimum Gasteiger partial charge on any atom is -0.457 e. The molecule has 0 radical (unpaired) electrons. The average molecular weight is 384 g/mol. The van der Waals surface area contributed by atoms with Crippen LogP contribution in [0.25, 0.3) is 10.9 Å². The van der Waals surface area contributed by atoms with Crippen LogP contribution < -0.4 is 4.74 Å². The molecule has 0 fully saturated rings. The first kappa shape index (κ1) is 20.3. The topological polar surface area (TPSA) is 73.3 Å². The van der Waals surface area contributed by atoms with Gasteiger partial charge in [-0.15, -0.1) is 0 Å². The Morgan fingerprint density at radius 3 is 2.56 bits per heavy atom. The molecule has 3 rings (SSSR count). The van der Waals surface area contributed by atoms with E-state index >= 15 is 0 Å². The number of ether oxygens (including phenoxy) is 1. The molecule has 0 N–H and O–H groups in total. The number of rotatable bonds is 5. The molecular weight excluding hydrogens is 366 g/mol. The van der Waals surface area contributed by atoms with Gasteiger partial charge in [-0.1, -0.05) is 30.7 Å². The van der Waals surface area contributed by atoms with E-state index in [-0.39, 0.29) is 11.9 Å². The third-order valence-electron chi connectivity index (χ3n) is 3.89. The summed E-state index contributed by atoms with van der Waals surface area (Å²) in [5, 5.41) is 1.49. The van der Waals surface area contributed by atoms with E-state index in [2.05, 4.69) is 4.98 Å². The number of aryl methyl sites for hydroxylation is 1. The van der Waals surface area contributed by atoms with Crippen molar-refractivity contribution < 1.29 is 19.1 Å². The molecule has 1 aromatic heterocycles. The molecule has 0 spiro atoms. The fourth-order valence-electron chi connectivity index (χ4n) is 2.52. The van der Waals surface area contributed by atoms with Crippen molar-refractivity contribution in [1.29, 1.82) is 0 Å². The maximum Gasteiger partial charge on any atom is 0.373 e. The minimum atomic E-state index is 0.168. The lowest BCUT2D eigenvalue weighted by Crippen LogP contribution is -2.01. The van der Waals surface area contributed by atoms with Crippen molar-refractivity contribution in [3.8, 4) is 11.5 Å². The van der Waals surface area contributed by atoms with Crippen molar-refractivity contribution in [2.24, 2.45) is 0 Å². The van der Waals surface area contributed by atoms with Crippen molar-refractivity contribution in [3.05, 3.63) is 64.8 Å². The van der Waals surface area contributed by atoms with E-state index in [9.17, 15) is 4.79 Å². The van der Waals surface area contributed by atoms with Gasteiger partial charge in [-0.3, -0.25) is 9.78 Å². The van der Waals surface area contributed by atoms with Crippen LogP contribution >= 0.6 is 11.6 Å². The molecule has 27 heavy (non-hydrogen) atoms. The van der Waals surface area contributed by atoms with Gasteiger partial charge in [0.1, 0.15) is 17.3 Å². The molecule has 3 aromatic rings. The molecule has 0 saturated heterocycles. The minimum absolute atomic E-state index is 0.168. The first-order valence-corrected chi connectivity index (χ1v) is 8.69. The molecule has 0 unspecified atom stereocenters. The highest BCUT2D eigenvalue weighted by atomic mass is 35.5. The van der Waals surface area contributed by atoms with E-state index in [1.54, 1.807) is 12.3 Å². The Balaban J connectivity index is 0.000000817. The smallest absolute Gasteiger partial charge is 0.373 e. The summed E-state index contributed by atoms with van der Waals surface area (Å²) in [6, 6.07) is 13.3. The number of ketones is 1. The molecule has 6 heteroatoms. The molecule has 138 valence electrons. The van der Waals surface area contributed by atoms with Gasteiger partial charge in [0.25, 0.3) is 0 Å². The normalized spacial score (nSPS) is 9.89. The number of carbonyl (C=O) groups excluding carboxylic acids is 3. The van der Waals surface area contributed by atoms with Gasteiger partial charge in [-0.05, 0) is 48.4 Å². The summed E-state index contributed by atoms with van der Waals surface area (Å²) in [6.07, 6.45) is 2.84. The summed E-state index contributed by atoms with van der Waals surface area (Å²) in [5.41, 5.74) is 2.87. The van der Waals surface area contributed by atoms with Gasteiger partial charge in [-0.25, -0.2) is 0 Å². The van der Waals surface area contributed by atoms with Gasteiger partial charge in [0, 0.05) is 29.4 Å². The van der Waals surface area contributed by atoms with Crippen LogP contribution in [0.1, 0.15) is 24.5 Å². The van der Waals surface area contributed by atoms with Crippen molar-refractivity contribution >= 4 is 34.4 Å². The number of carbonyl (C=O) groups is 1. The summed E-state index contributed by atoms with van der Waals surface area (Å²) in [5.74, 6) is 1.54. The number of aromatic nitrogens is 1. The van der Waals surface area contributed by atoms with Gasteiger partial charge in [0.2, 0.25) is 0 Å². The molecule has 0 aliphatic carbocycles. The number of pyridine rings is 1. The zero-order valence-electron chi connectivity index (χ0n) is 15.0. The quantitative estimate of drug-likeness (QED) is 0.624. The largest absolute Gasteiger partial charge is 0.457 e. The molecular formula is C21H18ClNO4. The van der Waals surface area contributed by atoms with Crippen LogP contribution in [0, 0.1) is 6.92 Å². The Kier molecular flexibility index (Phi) is 7.24. The Morgan fingerprint density at radius 1 is 1.15 bits per heavy atom. The Bertz CT molecular complexity index is 995. The van der Waals surface area contributed by atoms with E-state index < -0.39 is 0 Å². The SMILES string of the molecule is CCC(=O)Cc1ccc(Oc2ccnc3cc(C)ccc23)cc1Cl.O=C=O. The molecule has 5 nitrogen and oxygen atoms in total. The zero-order valence-corrected chi connectivity index (χ0v) is 15.7. The van der Waals surface area contributed by atoms with Gasteiger partial charge in [0.15, 0.2) is 0 Å². The second-order valence-electron chi connectivity index (χ2n) is 5.84. The standard InChI is InChI=1S/C20H18ClNO2.CO2/c1-3-15(23)11-14-5-6-16(12-18(14)21)24-20-8-9-22-19-10-13(2)4-7-17(19)20;2-1-3/h4-10,12H,3,11H2,1-2H3;. The third kappa shape index (κ3) is 5.48. The fourth-order valence-corrected chi connectivity index (χ4v) is 2.76. The summed E-state index contributed by atoms with van der Waals surface area (Å²) in [7, 11) is 0. The van der Waals surface area contributed by atoms with Gasteiger partial charge in [-0.2, -0.15) is 9.59 Å².